The zero-order valence-corrected chi connectivity index (χ0v) is 23.9. The Balaban J connectivity index is 1.05. The standard InChI is InChI=1S/C33H31N5O3S/c39-33(37-13-15-40-16-14-37)41-28-19-25(34-21-28)6-7-27-20-31-29(11-17-42-31)32(36-27)35-26-8-9-30-24(18-26)10-12-38(30)22-23-4-2-1-3-5-23/h1-5,8-12,17-18,20,25,28,34H,13-16,19,21-22H2,(H,35,36)/t25-,28-/m1/s1. The summed E-state index contributed by atoms with van der Waals surface area (Å²) in [4.78, 5) is 19.0. The van der Waals surface area contributed by atoms with Crippen molar-refractivity contribution in [3.8, 4) is 11.8 Å². The van der Waals surface area contributed by atoms with Crippen molar-refractivity contribution in [1.29, 1.82) is 0 Å². The van der Waals surface area contributed by atoms with Crippen LogP contribution in [0.2, 0.25) is 0 Å². The van der Waals surface area contributed by atoms with Crippen molar-refractivity contribution in [2.24, 2.45) is 0 Å². The van der Waals surface area contributed by atoms with Crippen LogP contribution in [0.1, 0.15) is 17.7 Å². The van der Waals surface area contributed by atoms with Crippen LogP contribution in [-0.4, -0.2) is 65.5 Å². The lowest BCUT2D eigenvalue weighted by Crippen LogP contribution is -2.42. The summed E-state index contributed by atoms with van der Waals surface area (Å²) in [5.74, 6) is 7.35. The van der Waals surface area contributed by atoms with Crippen LogP contribution >= 0.6 is 11.3 Å². The predicted octanol–water partition coefficient (Wildman–Crippen LogP) is 5.59. The van der Waals surface area contributed by atoms with Crippen molar-refractivity contribution in [3.05, 3.63) is 89.6 Å². The van der Waals surface area contributed by atoms with Gasteiger partial charge in [-0.2, -0.15) is 0 Å². The van der Waals surface area contributed by atoms with E-state index in [2.05, 4.69) is 93.2 Å². The van der Waals surface area contributed by atoms with E-state index in [-0.39, 0.29) is 18.2 Å². The van der Waals surface area contributed by atoms with Crippen LogP contribution < -0.4 is 10.6 Å². The lowest BCUT2D eigenvalue weighted by Gasteiger charge is -2.27. The third-order valence-corrected chi connectivity index (χ3v) is 8.55. The molecule has 42 heavy (non-hydrogen) atoms. The number of hydrogen-bond donors (Lipinski definition) is 2. The van der Waals surface area contributed by atoms with Gasteiger partial charge in [0.1, 0.15) is 17.6 Å². The fraction of sp³-hybridized carbons (Fsp3) is 0.273. The van der Waals surface area contributed by atoms with Crippen LogP contribution in [0.15, 0.2) is 78.3 Å². The first-order valence-electron chi connectivity index (χ1n) is 14.2. The maximum Gasteiger partial charge on any atom is 0.410 e. The molecule has 0 aliphatic carbocycles. The quantitative estimate of drug-likeness (QED) is 0.265. The van der Waals surface area contributed by atoms with Crippen LogP contribution in [0.3, 0.4) is 0 Å². The van der Waals surface area contributed by atoms with Crippen molar-refractivity contribution in [2.75, 3.05) is 38.2 Å². The molecule has 2 aromatic carbocycles. The van der Waals surface area contributed by atoms with E-state index < -0.39 is 0 Å². The molecule has 2 saturated heterocycles. The minimum atomic E-state index is -0.273. The van der Waals surface area contributed by atoms with Crippen molar-refractivity contribution < 1.29 is 14.3 Å². The van der Waals surface area contributed by atoms with Gasteiger partial charge in [0.2, 0.25) is 0 Å². The first-order valence-corrected chi connectivity index (χ1v) is 15.1. The molecule has 5 aromatic rings. The fourth-order valence-electron chi connectivity index (χ4n) is 5.48. The van der Waals surface area contributed by atoms with Crippen LogP contribution in [0.25, 0.3) is 21.0 Å². The van der Waals surface area contributed by atoms with Gasteiger partial charge < -0.3 is 24.3 Å². The minimum absolute atomic E-state index is 0.0629. The number of nitrogens with one attached hydrogen (secondary N) is 2. The molecule has 2 aliphatic rings. The maximum atomic E-state index is 12.4. The van der Waals surface area contributed by atoms with Gasteiger partial charge in [-0.05, 0) is 53.3 Å². The lowest BCUT2D eigenvalue weighted by molar-refractivity contribution is 0.0156. The first-order chi connectivity index (χ1) is 20.7. The Morgan fingerprint density at radius 1 is 1.12 bits per heavy atom. The number of amides is 1. The van der Waals surface area contributed by atoms with Gasteiger partial charge >= 0.3 is 6.09 Å². The SMILES string of the molecule is O=C(O[C@H]1CN[C@H](C#Cc2cc3sccc3c(Nc3ccc4c(ccn4Cc4ccccc4)c3)n2)C1)N1CCOCC1. The van der Waals surface area contributed by atoms with Crippen LogP contribution in [-0.2, 0) is 16.0 Å². The minimum Gasteiger partial charge on any atom is -0.445 e. The number of carbonyl (C=O) groups is 1. The normalized spacial score (nSPS) is 18.6. The second-order valence-corrected chi connectivity index (χ2v) is 11.5. The molecular formula is C33H31N5O3S. The van der Waals surface area contributed by atoms with Gasteiger partial charge in [0, 0.05) is 65.5 Å². The van der Waals surface area contributed by atoms with E-state index in [1.807, 2.05) is 12.1 Å². The van der Waals surface area contributed by atoms with E-state index in [9.17, 15) is 4.79 Å². The van der Waals surface area contributed by atoms with E-state index in [4.69, 9.17) is 14.5 Å². The maximum absolute atomic E-state index is 12.4. The molecule has 0 saturated carbocycles. The van der Waals surface area contributed by atoms with Gasteiger partial charge in [-0.15, -0.1) is 11.3 Å². The number of pyridine rings is 1. The van der Waals surface area contributed by atoms with Crippen molar-refractivity contribution in [3.63, 3.8) is 0 Å². The molecule has 5 heterocycles. The number of anilines is 2. The van der Waals surface area contributed by atoms with E-state index in [0.717, 1.165) is 28.1 Å². The molecule has 8 nitrogen and oxygen atoms in total. The Hall–Kier alpha value is -4.36. The van der Waals surface area contributed by atoms with Gasteiger partial charge in [-0.1, -0.05) is 36.3 Å². The molecule has 0 spiro atoms. The molecule has 212 valence electrons. The Morgan fingerprint density at radius 2 is 2.00 bits per heavy atom. The van der Waals surface area contributed by atoms with Crippen molar-refractivity contribution >= 4 is 49.9 Å². The molecule has 2 fully saturated rings. The summed E-state index contributed by atoms with van der Waals surface area (Å²) >= 11 is 1.67. The van der Waals surface area contributed by atoms with Gasteiger partial charge in [0.25, 0.3) is 0 Å². The number of nitrogens with zero attached hydrogens (tertiary/aromatic N) is 3. The molecule has 0 radical (unpaired) electrons. The van der Waals surface area contributed by atoms with E-state index in [0.29, 0.717) is 45.0 Å². The summed E-state index contributed by atoms with van der Waals surface area (Å²) in [6, 6.07) is 23.1. The summed E-state index contributed by atoms with van der Waals surface area (Å²) in [5, 5.41) is 11.2. The number of morpholine rings is 1. The Morgan fingerprint density at radius 3 is 2.88 bits per heavy atom. The Labute approximate surface area is 248 Å². The number of aromatic nitrogens is 2. The zero-order chi connectivity index (χ0) is 28.3. The highest BCUT2D eigenvalue weighted by Crippen LogP contribution is 2.31. The average molecular weight is 578 g/mol. The first kappa shape index (κ1) is 26.5. The molecule has 2 N–H and O–H groups in total. The number of benzene rings is 2. The number of ether oxygens (including phenoxy) is 2. The van der Waals surface area contributed by atoms with E-state index >= 15 is 0 Å². The topological polar surface area (TPSA) is 80.7 Å². The van der Waals surface area contributed by atoms with Gasteiger partial charge in [-0.25, -0.2) is 9.78 Å². The second-order valence-electron chi connectivity index (χ2n) is 10.6. The smallest absolute Gasteiger partial charge is 0.410 e. The third kappa shape index (κ3) is 5.83. The second kappa shape index (κ2) is 11.9. The summed E-state index contributed by atoms with van der Waals surface area (Å²) in [6.45, 7) is 3.69. The number of thiophene rings is 1. The summed E-state index contributed by atoms with van der Waals surface area (Å²) < 4.78 is 14.4. The van der Waals surface area contributed by atoms with Crippen LogP contribution in [0.4, 0.5) is 16.3 Å². The number of hydrogen-bond acceptors (Lipinski definition) is 7. The highest BCUT2D eigenvalue weighted by molar-refractivity contribution is 7.17. The highest BCUT2D eigenvalue weighted by atomic mass is 32.1. The lowest BCUT2D eigenvalue weighted by atomic mass is 10.2. The molecule has 0 unspecified atom stereocenters. The summed E-state index contributed by atoms with van der Waals surface area (Å²) in [7, 11) is 0. The fourth-order valence-corrected chi connectivity index (χ4v) is 6.31. The number of carbonyl (C=O) groups excluding carboxylic acids is 1. The van der Waals surface area contributed by atoms with Crippen molar-refractivity contribution in [2.45, 2.75) is 25.1 Å². The summed E-state index contributed by atoms with van der Waals surface area (Å²) in [5.41, 5.74) is 4.15. The largest absolute Gasteiger partial charge is 0.445 e. The summed E-state index contributed by atoms with van der Waals surface area (Å²) in [6.07, 6.45) is 2.32. The molecule has 9 heteroatoms. The van der Waals surface area contributed by atoms with Crippen LogP contribution in [0, 0.1) is 11.8 Å². The predicted molar refractivity (Wildman–Crippen MR) is 166 cm³/mol. The number of rotatable bonds is 5. The molecular weight excluding hydrogens is 546 g/mol. The molecule has 7 rings (SSSR count). The van der Waals surface area contributed by atoms with Gasteiger partial charge in [0.15, 0.2) is 0 Å². The Bertz CT molecular complexity index is 1780. The average Bonchev–Trinajstić information content (AvgIpc) is 3.78. The zero-order valence-electron chi connectivity index (χ0n) is 23.1. The van der Waals surface area contributed by atoms with E-state index in [1.54, 1.807) is 16.2 Å². The van der Waals surface area contributed by atoms with Crippen LogP contribution in [0.5, 0.6) is 0 Å². The monoisotopic (exact) mass is 577 g/mol. The van der Waals surface area contributed by atoms with Gasteiger partial charge in [-0.3, -0.25) is 5.32 Å². The molecule has 1 amide bonds. The Kier molecular flexibility index (Phi) is 7.49. The highest BCUT2D eigenvalue weighted by Gasteiger charge is 2.28. The number of fused-ring (bicyclic) bond motifs is 2. The van der Waals surface area contributed by atoms with Crippen molar-refractivity contribution in [1.82, 2.24) is 19.8 Å². The molecule has 0 bridgehead atoms. The third-order valence-electron chi connectivity index (χ3n) is 7.68. The molecule has 2 aliphatic heterocycles. The molecule has 2 atom stereocenters. The van der Waals surface area contributed by atoms with E-state index in [1.165, 1.54) is 16.5 Å². The van der Waals surface area contributed by atoms with Gasteiger partial charge in [0.05, 0.1) is 19.3 Å². The molecule has 3 aromatic heterocycles.